The third-order valence-corrected chi connectivity index (χ3v) is 1.61. The Labute approximate surface area is 74.6 Å². The van der Waals surface area contributed by atoms with Crippen molar-refractivity contribution < 1.29 is 20.4 Å². The van der Waals surface area contributed by atoms with Gasteiger partial charge in [-0.25, -0.2) is 6.08 Å². The van der Waals surface area contributed by atoms with Crippen molar-refractivity contribution in [2.45, 2.75) is 6.42 Å². The largest absolute Gasteiger partial charge is 0.272 e. The van der Waals surface area contributed by atoms with Crippen LogP contribution in [-0.4, -0.2) is 0 Å². The normalized spacial score (nSPS) is 12.4. The first-order valence-corrected chi connectivity index (χ1v) is 3.11. The zero-order valence-electron chi connectivity index (χ0n) is 5.47. The molecule has 0 spiro atoms. The molecule has 1 aromatic carbocycles. The fraction of sp³-hybridized carbons (Fsp3) is 0.111. The molecule has 0 nitrogen and oxygen atoms in total. The summed E-state index contributed by atoms with van der Waals surface area (Å²) >= 11 is 0. The molecular weight excluding hydrogens is 294 g/mol. The second kappa shape index (κ2) is 3.14. The van der Waals surface area contributed by atoms with E-state index in [-0.39, 0.29) is 20.4 Å². The number of allylic oxidation sites excluding steroid dienone is 1. The van der Waals surface area contributed by atoms with Crippen molar-refractivity contribution in [3.05, 3.63) is 41.5 Å². The number of hydrogen-bond donors (Lipinski definition) is 0. The molecule has 0 N–H and O–H groups in total. The van der Waals surface area contributed by atoms with Gasteiger partial charge < -0.3 is 0 Å². The van der Waals surface area contributed by atoms with Crippen LogP contribution in [0.25, 0.3) is 6.08 Å². The Bertz CT molecular complexity index is 251. The van der Waals surface area contributed by atoms with E-state index < -0.39 is 0 Å². The second-order valence-corrected chi connectivity index (χ2v) is 2.22. The Morgan fingerprint density at radius 3 is 2.80 bits per heavy atom. The standard InChI is InChI=1S/C9H7.Re/c1-2-5-9-7-3-6-8(9)4-1;/h1-2,4-6H,7H2;/q-1;. The minimum absolute atomic E-state index is 0. The monoisotopic (exact) mass is 302 g/mol. The second-order valence-electron chi connectivity index (χ2n) is 2.22. The maximum absolute atomic E-state index is 3.16. The predicted molar refractivity (Wildman–Crippen MR) is 37.9 cm³/mol. The van der Waals surface area contributed by atoms with E-state index in [9.17, 15) is 0 Å². The summed E-state index contributed by atoms with van der Waals surface area (Å²) < 4.78 is 0. The molecule has 0 saturated carbocycles. The van der Waals surface area contributed by atoms with Crippen molar-refractivity contribution in [3.8, 4) is 0 Å². The average molecular weight is 301 g/mol. The van der Waals surface area contributed by atoms with Crippen LogP contribution in [0.2, 0.25) is 0 Å². The molecule has 0 fully saturated rings. The Kier molecular flexibility index (Phi) is 2.43. The van der Waals surface area contributed by atoms with E-state index in [1.54, 1.807) is 0 Å². The van der Waals surface area contributed by atoms with E-state index in [0.29, 0.717) is 0 Å². The number of fused-ring (bicyclic) bond motifs is 1. The van der Waals surface area contributed by atoms with Gasteiger partial charge in [0, 0.05) is 20.4 Å². The van der Waals surface area contributed by atoms with Crippen molar-refractivity contribution >= 4 is 6.08 Å². The molecular formula is C9H7Re-. The molecule has 0 unspecified atom stereocenters. The summed E-state index contributed by atoms with van der Waals surface area (Å²) in [4.78, 5) is 0. The van der Waals surface area contributed by atoms with Gasteiger partial charge in [0.1, 0.15) is 0 Å². The Morgan fingerprint density at radius 2 is 2.00 bits per heavy atom. The van der Waals surface area contributed by atoms with Gasteiger partial charge in [0.2, 0.25) is 0 Å². The molecule has 1 heteroatoms. The van der Waals surface area contributed by atoms with Crippen LogP contribution in [0.1, 0.15) is 11.1 Å². The van der Waals surface area contributed by atoms with Crippen LogP contribution < -0.4 is 0 Å². The van der Waals surface area contributed by atoms with E-state index >= 15 is 0 Å². The van der Waals surface area contributed by atoms with Gasteiger partial charge in [-0.1, -0.05) is 18.2 Å². The number of hydrogen-bond acceptors (Lipinski definition) is 0. The van der Waals surface area contributed by atoms with E-state index in [1.165, 1.54) is 11.1 Å². The molecule has 0 aromatic heterocycles. The van der Waals surface area contributed by atoms with Gasteiger partial charge in [0.15, 0.2) is 0 Å². The molecule has 2 rings (SSSR count). The minimum Gasteiger partial charge on any atom is -0.272 e. The van der Waals surface area contributed by atoms with E-state index in [0.717, 1.165) is 6.42 Å². The molecule has 0 bridgehead atoms. The molecule has 0 amide bonds. The minimum atomic E-state index is 0. The molecule has 0 atom stereocenters. The van der Waals surface area contributed by atoms with E-state index in [2.05, 4.69) is 36.4 Å². The van der Waals surface area contributed by atoms with Crippen LogP contribution in [0.15, 0.2) is 24.3 Å². The summed E-state index contributed by atoms with van der Waals surface area (Å²) in [6.07, 6.45) is 6.21. The van der Waals surface area contributed by atoms with Crippen molar-refractivity contribution in [1.29, 1.82) is 0 Å². The number of rotatable bonds is 0. The zero-order chi connectivity index (χ0) is 6.10. The Morgan fingerprint density at radius 1 is 1.20 bits per heavy atom. The van der Waals surface area contributed by atoms with E-state index in [4.69, 9.17) is 0 Å². The molecule has 0 saturated heterocycles. The quantitative estimate of drug-likeness (QED) is 0.644. The molecule has 1 aromatic rings. The first-order valence-electron chi connectivity index (χ1n) is 3.11. The molecule has 1 aliphatic carbocycles. The summed E-state index contributed by atoms with van der Waals surface area (Å²) in [5.74, 6) is 0. The first-order chi connectivity index (χ1) is 4.47. The van der Waals surface area contributed by atoms with Crippen LogP contribution in [0.4, 0.5) is 0 Å². The van der Waals surface area contributed by atoms with Gasteiger partial charge in [-0.2, -0.15) is 5.56 Å². The summed E-state index contributed by atoms with van der Waals surface area (Å²) in [7, 11) is 0. The maximum atomic E-state index is 3.16. The average Bonchev–Trinajstić information content (AvgIpc) is 2.33. The molecule has 1 radical (unpaired) electrons. The molecule has 51 valence electrons. The Hall–Kier alpha value is -0.378. The van der Waals surface area contributed by atoms with Gasteiger partial charge in [-0.05, 0) is 0 Å². The van der Waals surface area contributed by atoms with Crippen molar-refractivity contribution in [2.75, 3.05) is 0 Å². The molecule has 0 aliphatic heterocycles. The molecule has 0 heterocycles. The third kappa shape index (κ3) is 1.21. The topological polar surface area (TPSA) is 0 Å². The summed E-state index contributed by atoms with van der Waals surface area (Å²) in [5, 5.41) is 0. The fourth-order valence-corrected chi connectivity index (χ4v) is 1.11. The maximum Gasteiger partial charge on any atom is 0 e. The number of benzene rings is 1. The van der Waals surface area contributed by atoms with Crippen molar-refractivity contribution in [3.63, 3.8) is 0 Å². The van der Waals surface area contributed by atoms with Gasteiger partial charge in [0.05, 0.1) is 0 Å². The van der Waals surface area contributed by atoms with Crippen LogP contribution >= 0.6 is 0 Å². The van der Waals surface area contributed by atoms with E-state index in [1.807, 2.05) is 0 Å². The van der Waals surface area contributed by atoms with Crippen LogP contribution in [0, 0.1) is 6.08 Å². The smallest absolute Gasteiger partial charge is 0 e. The van der Waals surface area contributed by atoms with Gasteiger partial charge in [0.25, 0.3) is 0 Å². The molecule has 1 aliphatic rings. The summed E-state index contributed by atoms with van der Waals surface area (Å²) in [6.45, 7) is 0. The zero-order valence-corrected chi connectivity index (χ0v) is 8.19. The fourth-order valence-electron chi connectivity index (χ4n) is 1.11. The Balaban J connectivity index is 0.000000500. The SMILES string of the molecule is [C-]1=Cc2ccccc2C1.[Re]. The summed E-state index contributed by atoms with van der Waals surface area (Å²) in [6, 6.07) is 8.39. The van der Waals surface area contributed by atoms with Crippen molar-refractivity contribution in [1.82, 2.24) is 0 Å². The van der Waals surface area contributed by atoms with Gasteiger partial charge in [-0.15, -0.1) is 18.1 Å². The van der Waals surface area contributed by atoms with Crippen LogP contribution in [-0.2, 0) is 26.8 Å². The van der Waals surface area contributed by atoms with Crippen LogP contribution in [0.3, 0.4) is 0 Å². The van der Waals surface area contributed by atoms with Crippen LogP contribution in [0.5, 0.6) is 0 Å². The molecule has 10 heavy (non-hydrogen) atoms. The third-order valence-electron chi connectivity index (χ3n) is 1.61. The van der Waals surface area contributed by atoms with Gasteiger partial charge >= 0.3 is 0 Å². The first kappa shape index (κ1) is 7.73. The predicted octanol–water partition coefficient (Wildman–Crippen LogP) is 2.06. The van der Waals surface area contributed by atoms with Gasteiger partial charge in [-0.3, -0.25) is 6.08 Å². The summed E-state index contributed by atoms with van der Waals surface area (Å²) in [5.41, 5.74) is 2.73. The van der Waals surface area contributed by atoms with Crippen molar-refractivity contribution in [2.24, 2.45) is 0 Å².